The van der Waals surface area contributed by atoms with Crippen molar-refractivity contribution in [2.75, 3.05) is 0 Å². The van der Waals surface area contributed by atoms with Crippen LogP contribution in [0.25, 0.3) is 6.08 Å². The molecule has 0 amide bonds. The average Bonchev–Trinajstić information content (AvgIpc) is 2.09. The molecule has 0 spiro atoms. The molecule has 0 aliphatic carbocycles. The number of alkyl halides is 3. The molecule has 0 saturated carbocycles. The van der Waals surface area contributed by atoms with Crippen LogP contribution >= 0.6 is 43.5 Å². The van der Waals surface area contributed by atoms with Gasteiger partial charge in [0.2, 0.25) is 0 Å². The van der Waals surface area contributed by atoms with Gasteiger partial charge in [-0.25, -0.2) is 0 Å². The van der Waals surface area contributed by atoms with Crippen LogP contribution in [0.2, 0.25) is 0 Å². The van der Waals surface area contributed by atoms with E-state index in [1.165, 1.54) is 6.07 Å². The number of rotatable bonds is 1. The van der Waals surface area contributed by atoms with Crippen LogP contribution < -0.4 is 0 Å². The minimum Gasteiger partial charge on any atom is -0.165 e. The number of allylic oxidation sites excluding steroid dienone is 1. The summed E-state index contributed by atoms with van der Waals surface area (Å²) in [4.78, 5) is 0. The van der Waals surface area contributed by atoms with Gasteiger partial charge < -0.3 is 0 Å². The third-order valence-electron chi connectivity index (χ3n) is 1.51. The second-order valence-corrected chi connectivity index (χ2v) is 4.83. The Morgan fingerprint density at radius 2 is 1.87 bits per heavy atom. The lowest BCUT2D eigenvalue weighted by molar-refractivity contribution is -0.0836. The van der Waals surface area contributed by atoms with E-state index in [1.807, 2.05) is 0 Å². The van der Waals surface area contributed by atoms with Gasteiger partial charge >= 0.3 is 6.18 Å². The molecule has 1 aromatic carbocycles. The molecule has 1 rings (SSSR count). The second kappa shape index (κ2) is 4.89. The fourth-order valence-corrected chi connectivity index (χ4v) is 1.70. The van der Waals surface area contributed by atoms with E-state index < -0.39 is 11.2 Å². The largest absolute Gasteiger partial charge is 0.426 e. The van der Waals surface area contributed by atoms with Crippen molar-refractivity contribution in [3.05, 3.63) is 37.7 Å². The molecule has 0 fully saturated rings. The fraction of sp³-hybridized carbons (Fsp3) is 0.111. The van der Waals surface area contributed by atoms with Crippen molar-refractivity contribution < 1.29 is 13.2 Å². The Balaban J connectivity index is 3.13. The normalized spacial score (nSPS) is 13.1. The van der Waals surface area contributed by atoms with Crippen LogP contribution in [-0.4, -0.2) is 6.18 Å². The van der Waals surface area contributed by atoms with E-state index in [0.717, 1.165) is 6.08 Å². The van der Waals surface area contributed by atoms with Crippen molar-refractivity contribution in [1.82, 2.24) is 0 Å². The Labute approximate surface area is 106 Å². The van der Waals surface area contributed by atoms with Crippen LogP contribution in [0.15, 0.2) is 32.2 Å². The summed E-state index contributed by atoms with van der Waals surface area (Å²) in [5.74, 6) is 0. The van der Waals surface area contributed by atoms with Gasteiger partial charge in [-0.3, -0.25) is 0 Å². The van der Waals surface area contributed by atoms with E-state index in [-0.39, 0.29) is 0 Å². The number of benzene rings is 1. The van der Waals surface area contributed by atoms with Crippen LogP contribution in [0.5, 0.6) is 0 Å². The zero-order valence-electron chi connectivity index (χ0n) is 7.08. The quantitative estimate of drug-likeness (QED) is 0.630. The molecule has 1 aromatic rings. The van der Waals surface area contributed by atoms with Gasteiger partial charge in [0.25, 0.3) is 0 Å². The predicted molar refractivity (Wildman–Crippen MR) is 61.7 cm³/mol. The first-order valence-corrected chi connectivity index (χ1v) is 5.66. The van der Waals surface area contributed by atoms with Crippen LogP contribution in [0, 0.1) is 0 Å². The highest BCUT2D eigenvalue weighted by Gasteiger charge is 2.32. The van der Waals surface area contributed by atoms with Crippen LogP contribution in [0.3, 0.4) is 0 Å². The van der Waals surface area contributed by atoms with Gasteiger partial charge in [-0.2, -0.15) is 13.2 Å². The molecular formula is C9H4Br2ClF3. The molecule has 0 unspecified atom stereocenters. The fourth-order valence-electron chi connectivity index (χ4n) is 0.844. The highest BCUT2D eigenvalue weighted by Crippen LogP contribution is 2.32. The summed E-state index contributed by atoms with van der Waals surface area (Å²) in [6.07, 6.45) is -3.64. The first-order chi connectivity index (χ1) is 6.80. The first kappa shape index (κ1) is 13.1. The Hall–Kier alpha value is -0.000000000000000111. The molecule has 15 heavy (non-hydrogen) atoms. The lowest BCUT2D eigenvalue weighted by atomic mass is 10.2. The van der Waals surface area contributed by atoms with Gasteiger partial charge in [0.05, 0.1) is 0 Å². The SMILES string of the molecule is FC(F)(F)C(Cl)=Cc1cc(Br)ccc1Br. The number of hydrogen-bond donors (Lipinski definition) is 0. The maximum absolute atomic E-state index is 12.1. The average molecular weight is 364 g/mol. The first-order valence-electron chi connectivity index (χ1n) is 3.70. The summed E-state index contributed by atoms with van der Waals surface area (Å²) in [5, 5.41) is -1.15. The molecule has 0 aliphatic rings. The van der Waals surface area contributed by atoms with Crippen LogP contribution in [0.1, 0.15) is 5.56 Å². The maximum Gasteiger partial charge on any atom is 0.426 e. The Morgan fingerprint density at radius 3 is 2.40 bits per heavy atom. The van der Waals surface area contributed by atoms with Gasteiger partial charge in [0.1, 0.15) is 5.03 Å². The molecule has 82 valence electrons. The topological polar surface area (TPSA) is 0 Å². The van der Waals surface area contributed by atoms with E-state index in [4.69, 9.17) is 11.6 Å². The summed E-state index contributed by atoms with van der Waals surface area (Å²) < 4.78 is 37.7. The summed E-state index contributed by atoms with van der Waals surface area (Å²) in [7, 11) is 0. The molecule has 0 saturated heterocycles. The van der Waals surface area contributed by atoms with Gasteiger partial charge in [-0.15, -0.1) is 0 Å². The lowest BCUT2D eigenvalue weighted by Crippen LogP contribution is -2.06. The second-order valence-electron chi connectivity index (χ2n) is 2.66. The Kier molecular flexibility index (Phi) is 4.26. The van der Waals surface area contributed by atoms with Crippen molar-refractivity contribution >= 4 is 49.5 Å². The molecule has 0 radical (unpaired) electrons. The van der Waals surface area contributed by atoms with Gasteiger partial charge in [-0.05, 0) is 29.8 Å². The highest BCUT2D eigenvalue weighted by molar-refractivity contribution is 9.11. The summed E-state index contributed by atoms with van der Waals surface area (Å²) in [5.41, 5.74) is 0.367. The van der Waals surface area contributed by atoms with Crippen molar-refractivity contribution in [2.45, 2.75) is 6.18 Å². The molecule has 0 nitrogen and oxygen atoms in total. The molecule has 0 aromatic heterocycles. The Bertz CT molecular complexity index is 399. The van der Waals surface area contributed by atoms with E-state index >= 15 is 0 Å². The van der Waals surface area contributed by atoms with E-state index in [9.17, 15) is 13.2 Å². The van der Waals surface area contributed by atoms with E-state index in [1.54, 1.807) is 12.1 Å². The summed E-state index contributed by atoms with van der Waals surface area (Å²) in [6, 6.07) is 4.89. The minimum atomic E-state index is -4.51. The minimum absolute atomic E-state index is 0.367. The van der Waals surface area contributed by atoms with E-state index in [0.29, 0.717) is 14.5 Å². The lowest BCUT2D eigenvalue weighted by Gasteiger charge is -2.05. The predicted octanol–water partition coefficient (Wildman–Crippen LogP) is 5.35. The summed E-state index contributed by atoms with van der Waals surface area (Å²) in [6.45, 7) is 0. The molecule has 0 atom stereocenters. The number of halogens is 6. The van der Waals surface area contributed by atoms with Crippen molar-refractivity contribution in [2.24, 2.45) is 0 Å². The van der Waals surface area contributed by atoms with Crippen LogP contribution in [-0.2, 0) is 0 Å². The molecular weight excluding hydrogens is 360 g/mol. The van der Waals surface area contributed by atoms with Gasteiger partial charge in [0.15, 0.2) is 0 Å². The summed E-state index contributed by atoms with van der Waals surface area (Å²) >= 11 is 11.4. The molecule has 0 aliphatic heterocycles. The van der Waals surface area contributed by atoms with Crippen molar-refractivity contribution in [3.8, 4) is 0 Å². The third-order valence-corrected chi connectivity index (χ3v) is 3.05. The Morgan fingerprint density at radius 1 is 1.27 bits per heavy atom. The molecule has 6 heteroatoms. The highest BCUT2D eigenvalue weighted by atomic mass is 79.9. The molecule has 0 bridgehead atoms. The maximum atomic E-state index is 12.1. The zero-order chi connectivity index (χ0) is 11.6. The van der Waals surface area contributed by atoms with E-state index in [2.05, 4.69) is 31.9 Å². The van der Waals surface area contributed by atoms with Gasteiger partial charge in [-0.1, -0.05) is 43.5 Å². The monoisotopic (exact) mass is 362 g/mol. The zero-order valence-corrected chi connectivity index (χ0v) is 11.0. The third kappa shape index (κ3) is 3.81. The van der Waals surface area contributed by atoms with Crippen molar-refractivity contribution in [1.29, 1.82) is 0 Å². The van der Waals surface area contributed by atoms with Gasteiger partial charge in [0, 0.05) is 8.95 Å². The smallest absolute Gasteiger partial charge is 0.165 e. The standard InChI is InChI=1S/C9H4Br2ClF3/c10-6-1-2-7(11)5(3-6)4-8(12)9(13,14)15/h1-4H. The number of hydrogen-bond acceptors (Lipinski definition) is 0. The van der Waals surface area contributed by atoms with Crippen molar-refractivity contribution in [3.63, 3.8) is 0 Å². The molecule has 0 heterocycles. The van der Waals surface area contributed by atoms with Crippen LogP contribution in [0.4, 0.5) is 13.2 Å². The molecule has 0 N–H and O–H groups in total.